The predicted molar refractivity (Wildman–Crippen MR) is 55.3 cm³/mol. The van der Waals surface area contributed by atoms with Gasteiger partial charge in [0.25, 0.3) is 0 Å². The molecule has 0 heteroatoms. The molecule has 0 spiro atoms. The van der Waals surface area contributed by atoms with Crippen molar-refractivity contribution in [2.75, 3.05) is 0 Å². The second-order valence-corrected chi connectivity index (χ2v) is 3.43. The minimum Gasteiger partial charge on any atom is -0.0616 e. The molecule has 1 aliphatic rings. The van der Waals surface area contributed by atoms with Gasteiger partial charge in [-0.2, -0.15) is 0 Å². The molecule has 0 N–H and O–H groups in total. The van der Waals surface area contributed by atoms with E-state index < -0.39 is 0 Å². The Morgan fingerprint density at radius 1 is 0.692 bits per heavy atom. The highest BCUT2D eigenvalue weighted by atomic mass is 14.2. The molecule has 3 rings (SSSR count). The van der Waals surface area contributed by atoms with Crippen molar-refractivity contribution < 1.29 is 0 Å². The number of fused-ring (bicyclic) bond motifs is 4. The average Bonchev–Trinajstić information content (AvgIpc) is 2.15. The van der Waals surface area contributed by atoms with E-state index in [2.05, 4.69) is 49.4 Å². The summed E-state index contributed by atoms with van der Waals surface area (Å²) >= 11 is 0. The summed E-state index contributed by atoms with van der Waals surface area (Å²) in [6.45, 7) is 3.93. The summed E-state index contributed by atoms with van der Waals surface area (Å²) in [4.78, 5) is 0. The van der Waals surface area contributed by atoms with Crippen molar-refractivity contribution in [1.29, 1.82) is 0 Å². The van der Waals surface area contributed by atoms with Gasteiger partial charge >= 0.3 is 0 Å². The molecule has 0 aliphatic heterocycles. The van der Waals surface area contributed by atoms with E-state index >= 15 is 0 Å². The Balaban J connectivity index is 2.29. The summed E-state index contributed by atoms with van der Waals surface area (Å²) in [5.74, 6) is 0. The first-order valence-corrected chi connectivity index (χ1v) is 4.42. The number of hydrogen-bond acceptors (Lipinski definition) is 0. The summed E-state index contributed by atoms with van der Waals surface area (Å²) in [6.07, 6.45) is 0. The second-order valence-electron chi connectivity index (χ2n) is 3.43. The van der Waals surface area contributed by atoms with Crippen molar-refractivity contribution in [2.24, 2.45) is 0 Å². The molecule has 0 aromatic heterocycles. The van der Waals surface area contributed by atoms with Crippen molar-refractivity contribution in [2.45, 2.75) is 0 Å². The van der Waals surface area contributed by atoms with E-state index in [1.807, 2.05) is 0 Å². The van der Waals surface area contributed by atoms with Crippen LogP contribution in [0.2, 0.25) is 0 Å². The number of hydrogen-bond donors (Lipinski definition) is 0. The maximum atomic E-state index is 3.93. The molecule has 0 amide bonds. The van der Waals surface area contributed by atoms with Crippen LogP contribution in [0, 0.1) is 6.92 Å². The van der Waals surface area contributed by atoms with Gasteiger partial charge < -0.3 is 0 Å². The van der Waals surface area contributed by atoms with Crippen LogP contribution in [0.5, 0.6) is 0 Å². The molecular weight excluding hydrogens is 156 g/mol. The molecule has 0 heterocycles. The minimum absolute atomic E-state index is 1.09. The Bertz CT molecular complexity index is 481. The Hall–Kier alpha value is -1.56. The third-order valence-electron chi connectivity index (χ3n) is 2.59. The molecule has 2 aromatic carbocycles. The van der Waals surface area contributed by atoms with Crippen LogP contribution in [0.1, 0.15) is 5.56 Å². The van der Waals surface area contributed by atoms with E-state index in [9.17, 15) is 0 Å². The molecule has 0 nitrogen and oxygen atoms in total. The van der Waals surface area contributed by atoms with E-state index in [1.54, 1.807) is 0 Å². The first-order chi connectivity index (χ1) is 6.36. The van der Waals surface area contributed by atoms with Crippen LogP contribution in [0.3, 0.4) is 0 Å². The zero-order chi connectivity index (χ0) is 8.84. The molecule has 1 radical (unpaired) electrons. The molecule has 0 unspecified atom stereocenters. The molecule has 0 atom stereocenters. The van der Waals surface area contributed by atoms with Crippen LogP contribution in [0.25, 0.3) is 22.3 Å². The number of rotatable bonds is 0. The summed E-state index contributed by atoms with van der Waals surface area (Å²) < 4.78 is 0. The quantitative estimate of drug-likeness (QED) is 0.478. The average molecular weight is 165 g/mol. The monoisotopic (exact) mass is 165 g/mol. The smallest absolute Gasteiger partial charge is 0.00962 e. The third-order valence-corrected chi connectivity index (χ3v) is 2.59. The van der Waals surface area contributed by atoms with Gasteiger partial charge in [0, 0.05) is 0 Å². The van der Waals surface area contributed by atoms with Crippen molar-refractivity contribution in [3.05, 3.63) is 55.0 Å². The van der Waals surface area contributed by atoms with Crippen LogP contribution in [-0.4, -0.2) is 0 Å². The Morgan fingerprint density at radius 3 is 2.08 bits per heavy atom. The number of benzene rings is 2. The molecule has 13 heavy (non-hydrogen) atoms. The van der Waals surface area contributed by atoms with Crippen LogP contribution in [0.15, 0.2) is 42.5 Å². The molecule has 2 aromatic rings. The Kier molecular flexibility index (Phi) is 1.18. The standard InChI is InChI=1S/C13H9/c1-9-6-7-12-10-4-2-3-5-11(10)13(12)8-9/h2-8H,1H2. The zero-order valence-electron chi connectivity index (χ0n) is 7.25. The lowest BCUT2D eigenvalue weighted by atomic mass is 9.80. The second kappa shape index (κ2) is 2.23. The van der Waals surface area contributed by atoms with Gasteiger partial charge in [-0.3, -0.25) is 0 Å². The topological polar surface area (TPSA) is 0 Å². The van der Waals surface area contributed by atoms with Gasteiger partial charge in [0.1, 0.15) is 0 Å². The summed E-state index contributed by atoms with van der Waals surface area (Å²) in [5.41, 5.74) is 6.54. The lowest BCUT2D eigenvalue weighted by Crippen LogP contribution is -1.97. The largest absolute Gasteiger partial charge is 0.0616 e. The highest BCUT2D eigenvalue weighted by molar-refractivity contribution is 6.02. The summed E-state index contributed by atoms with van der Waals surface area (Å²) in [5, 5.41) is 0. The summed E-state index contributed by atoms with van der Waals surface area (Å²) in [7, 11) is 0. The van der Waals surface area contributed by atoms with Gasteiger partial charge in [-0.15, -0.1) is 0 Å². The molecule has 0 saturated carbocycles. The van der Waals surface area contributed by atoms with E-state index in [1.165, 1.54) is 22.3 Å². The molecule has 61 valence electrons. The maximum absolute atomic E-state index is 3.93. The van der Waals surface area contributed by atoms with Gasteiger partial charge in [-0.1, -0.05) is 42.5 Å². The molecule has 0 saturated heterocycles. The van der Waals surface area contributed by atoms with Crippen molar-refractivity contribution in [3.8, 4) is 22.3 Å². The van der Waals surface area contributed by atoms with Crippen LogP contribution < -0.4 is 0 Å². The van der Waals surface area contributed by atoms with Crippen LogP contribution in [-0.2, 0) is 0 Å². The molecule has 1 aliphatic carbocycles. The first kappa shape index (κ1) is 6.90. The predicted octanol–water partition coefficient (Wildman–Crippen LogP) is 3.52. The SMILES string of the molecule is [CH2]c1ccc2c(c1)-c1ccccc1-2. The van der Waals surface area contributed by atoms with Crippen molar-refractivity contribution in [1.82, 2.24) is 0 Å². The van der Waals surface area contributed by atoms with Gasteiger partial charge in [0.05, 0.1) is 0 Å². The van der Waals surface area contributed by atoms with Gasteiger partial charge in [0.2, 0.25) is 0 Å². The Labute approximate surface area is 77.8 Å². The molecular formula is C13H9. The normalized spacial score (nSPS) is 11.5. The van der Waals surface area contributed by atoms with Gasteiger partial charge in [-0.05, 0) is 34.7 Å². The Morgan fingerprint density at radius 2 is 1.31 bits per heavy atom. The summed E-state index contributed by atoms with van der Waals surface area (Å²) in [6, 6.07) is 14.9. The van der Waals surface area contributed by atoms with E-state index in [4.69, 9.17) is 0 Å². The minimum atomic E-state index is 1.09. The zero-order valence-corrected chi connectivity index (χ0v) is 7.25. The highest BCUT2D eigenvalue weighted by Gasteiger charge is 2.20. The van der Waals surface area contributed by atoms with Crippen molar-refractivity contribution >= 4 is 0 Å². The van der Waals surface area contributed by atoms with Crippen LogP contribution in [0.4, 0.5) is 0 Å². The van der Waals surface area contributed by atoms with E-state index in [0.29, 0.717) is 0 Å². The van der Waals surface area contributed by atoms with Crippen LogP contribution >= 0.6 is 0 Å². The van der Waals surface area contributed by atoms with Gasteiger partial charge in [-0.25, -0.2) is 0 Å². The molecule has 0 bridgehead atoms. The third kappa shape index (κ3) is 0.803. The fourth-order valence-electron chi connectivity index (χ4n) is 1.94. The fourth-order valence-corrected chi connectivity index (χ4v) is 1.94. The van der Waals surface area contributed by atoms with E-state index in [0.717, 1.165) is 5.56 Å². The lowest BCUT2D eigenvalue weighted by Gasteiger charge is -2.23. The lowest BCUT2D eigenvalue weighted by molar-refractivity contribution is 1.49. The van der Waals surface area contributed by atoms with Gasteiger partial charge in [0.15, 0.2) is 0 Å². The van der Waals surface area contributed by atoms with Crippen molar-refractivity contribution in [3.63, 3.8) is 0 Å². The molecule has 0 fully saturated rings. The van der Waals surface area contributed by atoms with E-state index in [-0.39, 0.29) is 0 Å². The maximum Gasteiger partial charge on any atom is -0.00962 e. The highest BCUT2D eigenvalue weighted by Crippen LogP contribution is 2.46. The fraction of sp³-hybridized carbons (Fsp3) is 0. The first-order valence-electron chi connectivity index (χ1n) is 4.42.